The summed E-state index contributed by atoms with van der Waals surface area (Å²) in [6.07, 6.45) is 25.5. The zero-order chi connectivity index (χ0) is 23.0. The van der Waals surface area contributed by atoms with Crippen LogP contribution >= 0.6 is 0 Å². The van der Waals surface area contributed by atoms with Crippen LogP contribution in [0.2, 0.25) is 0 Å². The lowest BCUT2D eigenvalue weighted by Gasteiger charge is -2.49. The van der Waals surface area contributed by atoms with E-state index in [1.54, 1.807) is 0 Å². The number of nitrogens with one attached hydrogen (secondary N) is 1. The van der Waals surface area contributed by atoms with Gasteiger partial charge in [-0.05, 0) is 47.0 Å². The first-order chi connectivity index (χ1) is 14.8. The molecular formula is C28H56N2O. The van der Waals surface area contributed by atoms with Crippen LogP contribution in [0.1, 0.15) is 150 Å². The van der Waals surface area contributed by atoms with Crippen molar-refractivity contribution in [3.63, 3.8) is 0 Å². The van der Waals surface area contributed by atoms with Gasteiger partial charge in [-0.1, -0.05) is 103 Å². The van der Waals surface area contributed by atoms with E-state index in [0.717, 1.165) is 32.2 Å². The molecule has 1 fully saturated rings. The molecular weight excluding hydrogens is 380 g/mol. The highest BCUT2D eigenvalue weighted by Crippen LogP contribution is 2.31. The molecule has 0 bridgehead atoms. The Hall–Kier alpha value is -0.570. The van der Waals surface area contributed by atoms with Crippen LogP contribution in [0.15, 0.2) is 0 Å². The van der Waals surface area contributed by atoms with E-state index in [1.807, 2.05) is 0 Å². The van der Waals surface area contributed by atoms with Crippen molar-refractivity contribution in [3.8, 4) is 0 Å². The number of carbonyl (C=O) groups excluding carboxylic acids is 1. The van der Waals surface area contributed by atoms with E-state index < -0.39 is 0 Å². The summed E-state index contributed by atoms with van der Waals surface area (Å²) in [5.74, 6) is 0. The predicted molar refractivity (Wildman–Crippen MR) is 137 cm³/mol. The van der Waals surface area contributed by atoms with Gasteiger partial charge in [0.05, 0.1) is 0 Å². The summed E-state index contributed by atoms with van der Waals surface area (Å²) < 4.78 is 0. The SMILES string of the molecule is CCCCCCCCCCCCCCCCCCN(C=O)C1CC(C)(C)NC(C)(C)C1. The molecule has 0 spiro atoms. The van der Waals surface area contributed by atoms with Gasteiger partial charge < -0.3 is 10.2 Å². The Bertz CT molecular complexity index is 430. The number of hydrogen-bond donors (Lipinski definition) is 1. The molecule has 1 rings (SSSR count). The molecule has 1 aliphatic heterocycles. The molecule has 0 aromatic carbocycles. The quantitative estimate of drug-likeness (QED) is 0.164. The number of carbonyl (C=O) groups is 1. The molecule has 3 heteroatoms. The summed E-state index contributed by atoms with van der Waals surface area (Å²) in [6, 6.07) is 0.375. The van der Waals surface area contributed by atoms with Crippen LogP contribution in [0, 0.1) is 0 Å². The van der Waals surface area contributed by atoms with Crippen LogP contribution in [-0.2, 0) is 4.79 Å². The highest BCUT2D eigenvalue weighted by Gasteiger charge is 2.39. The Balaban J connectivity index is 1.97. The molecule has 0 saturated carbocycles. The Kier molecular flexibility index (Phi) is 14.8. The molecule has 1 amide bonds. The van der Waals surface area contributed by atoms with E-state index in [-0.39, 0.29) is 11.1 Å². The van der Waals surface area contributed by atoms with Crippen molar-refractivity contribution in [2.75, 3.05) is 6.54 Å². The van der Waals surface area contributed by atoms with Crippen molar-refractivity contribution in [1.29, 1.82) is 0 Å². The summed E-state index contributed by atoms with van der Waals surface area (Å²) in [5.41, 5.74) is 0.199. The first kappa shape index (κ1) is 28.5. The Labute approximate surface area is 195 Å². The third kappa shape index (κ3) is 14.2. The van der Waals surface area contributed by atoms with Crippen molar-refractivity contribution < 1.29 is 4.79 Å². The molecule has 0 atom stereocenters. The molecule has 31 heavy (non-hydrogen) atoms. The third-order valence-corrected chi connectivity index (χ3v) is 7.04. The van der Waals surface area contributed by atoms with Crippen LogP contribution in [0.5, 0.6) is 0 Å². The minimum Gasteiger partial charge on any atom is -0.342 e. The summed E-state index contributed by atoms with van der Waals surface area (Å²) in [5, 5.41) is 3.72. The molecule has 0 aliphatic carbocycles. The highest BCUT2D eigenvalue weighted by atomic mass is 16.1. The molecule has 3 nitrogen and oxygen atoms in total. The summed E-state index contributed by atoms with van der Waals surface area (Å²) in [7, 11) is 0. The van der Waals surface area contributed by atoms with E-state index in [4.69, 9.17) is 0 Å². The fourth-order valence-electron chi connectivity index (χ4n) is 5.67. The second-order valence-corrected chi connectivity index (χ2v) is 11.6. The second-order valence-electron chi connectivity index (χ2n) is 11.6. The first-order valence-corrected chi connectivity index (χ1v) is 13.8. The molecule has 184 valence electrons. The fraction of sp³-hybridized carbons (Fsp3) is 0.964. The predicted octanol–water partition coefficient (Wildman–Crippen LogP) is 8.02. The van der Waals surface area contributed by atoms with Crippen molar-refractivity contribution in [2.45, 2.75) is 167 Å². The molecule has 0 radical (unpaired) electrons. The van der Waals surface area contributed by atoms with Crippen LogP contribution in [0.4, 0.5) is 0 Å². The maximum absolute atomic E-state index is 11.7. The average molecular weight is 437 g/mol. The first-order valence-electron chi connectivity index (χ1n) is 13.8. The van der Waals surface area contributed by atoms with Gasteiger partial charge in [-0.25, -0.2) is 0 Å². The molecule has 1 heterocycles. The molecule has 0 aromatic heterocycles. The van der Waals surface area contributed by atoms with E-state index in [2.05, 4.69) is 44.8 Å². The lowest BCUT2D eigenvalue weighted by Crippen LogP contribution is -2.62. The van der Waals surface area contributed by atoms with Crippen LogP contribution in [-0.4, -0.2) is 35.0 Å². The van der Waals surface area contributed by atoms with Crippen molar-refractivity contribution in [3.05, 3.63) is 0 Å². The van der Waals surface area contributed by atoms with Gasteiger partial charge in [-0.2, -0.15) is 0 Å². The smallest absolute Gasteiger partial charge is 0.209 e. The van der Waals surface area contributed by atoms with Gasteiger partial charge in [0.15, 0.2) is 0 Å². The van der Waals surface area contributed by atoms with Crippen molar-refractivity contribution in [1.82, 2.24) is 10.2 Å². The van der Waals surface area contributed by atoms with E-state index >= 15 is 0 Å². The van der Waals surface area contributed by atoms with Gasteiger partial charge in [-0.3, -0.25) is 4.79 Å². The van der Waals surface area contributed by atoms with Gasteiger partial charge >= 0.3 is 0 Å². The highest BCUT2D eigenvalue weighted by molar-refractivity contribution is 5.48. The van der Waals surface area contributed by atoms with E-state index in [1.165, 1.54) is 96.3 Å². The van der Waals surface area contributed by atoms with Gasteiger partial charge in [-0.15, -0.1) is 0 Å². The zero-order valence-electron chi connectivity index (χ0n) is 21.9. The average Bonchev–Trinajstić information content (AvgIpc) is 2.68. The topological polar surface area (TPSA) is 32.3 Å². The number of nitrogens with zero attached hydrogens (tertiary/aromatic N) is 1. The van der Waals surface area contributed by atoms with Gasteiger partial charge in [0.1, 0.15) is 0 Å². The number of piperidine rings is 1. The van der Waals surface area contributed by atoms with Gasteiger partial charge in [0.2, 0.25) is 6.41 Å². The van der Waals surface area contributed by atoms with E-state index in [0.29, 0.717) is 6.04 Å². The summed E-state index contributed by atoms with van der Waals surface area (Å²) in [6.45, 7) is 12.3. The molecule has 1 saturated heterocycles. The summed E-state index contributed by atoms with van der Waals surface area (Å²) >= 11 is 0. The number of unbranched alkanes of at least 4 members (excludes halogenated alkanes) is 15. The molecule has 1 aliphatic rings. The van der Waals surface area contributed by atoms with Crippen LogP contribution in [0.3, 0.4) is 0 Å². The van der Waals surface area contributed by atoms with E-state index in [9.17, 15) is 4.79 Å². The van der Waals surface area contributed by atoms with Crippen LogP contribution < -0.4 is 5.32 Å². The normalized spacial score (nSPS) is 18.2. The Morgan fingerprint density at radius 1 is 0.677 bits per heavy atom. The van der Waals surface area contributed by atoms with Gasteiger partial charge in [0.25, 0.3) is 0 Å². The monoisotopic (exact) mass is 436 g/mol. The van der Waals surface area contributed by atoms with Crippen LogP contribution in [0.25, 0.3) is 0 Å². The standard InChI is InChI=1S/C28H56N2O/c1-6-7-8-9-10-11-12-13-14-15-16-17-18-19-20-21-22-30(25-31)26-23-27(2,3)29-28(4,5)24-26/h25-26,29H,6-24H2,1-5H3. The third-order valence-electron chi connectivity index (χ3n) is 7.04. The second kappa shape index (κ2) is 16.1. The number of amides is 1. The maximum atomic E-state index is 11.7. The lowest BCUT2D eigenvalue weighted by molar-refractivity contribution is -0.122. The minimum absolute atomic E-state index is 0.0995. The largest absolute Gasteiger partial charge is 0.342 e. The van der Waals surface area contributed by atoms with Crippen molar-refractivity contribution >= 4 is 6.41 Å². The molecule has 0 aromatic rings. The minimum atomic E-state index is 0.0995. The Morgan fingerprint density at radius 3 is 1.39 bits per heavy atom. The number of hydrogen-bond acceptors (Lipinski definition) is 2. The van der Waals surface area contributed by atoms with Crippen molar-refractivity contribution in [2.24, 2.45) is 0 Å². The lowest BCUT2D eigenvalue weighted by atomic mass is 9.79. The zero-order valence-corrected chi connectivity index (χ0v) is 21.9. The summed E-state index contributed by atoms with van der Waals surface area (Å²) in [4.78, 5) is 13.8. The van der Waals surface area contributed by atoms with Gasteiger partial charge in [0, 0.05) is 23.7 Å². The number of rotatable bonds is 19. The Morgan fingerprint density at radius 2 is 1.03 bits per heavy atom. The fourth-order valence-corrected chi connectivity index (χ4v) is 5.67. The molecule has 0 unspecified atom stereocenters. The maximum Gasteiger partial charge on any atom is 0.209 e. The molecule has 1 N–H and O–H groups in total.